The lowest BCUT2D eigenvalue weighted by Gasteiger charge is -2.63. The molecule has 6 rings (SSSR count). The van der Waals surface area contributed by atoms with Crippen LogP contribution in [-0.2, 0) is 10.4 Å². The fourth-order valence-corrected chi connectivity index (χ4v) is 10.8. The van der Waals surface area contributed by atoms with Crippen LogP contribution in [0.2, 0.25) is 0 Å². The predicted octanol–water partition coefficient (Wildman–Crippen LogP) is 8.23. The number of hydrogen-bond acceptors (Lipinski definition) is 3. The van der Waals surface area contributed by atoms with E-state index >= 15 is 0 Å². The van der Waals surface area contributed by atoms with Crippen molar-refractivity contribution in [2.75, 3.05) is 0 Å². The molecule has 0 spiro atoms. The predicted molar refractivity (Wildman–Crippen MR) is 168 cm³/mol. The van der Waals surface area contributed by atoms with Gasteiger partial charge in [-0.3, -0.25) is 0 Å². The second kappa shape index (κ2) is 11.2. The summed E-state index contributed by atoms with van der Waals surface area (Å²) >= 11 is 0. The second-order valence-corrected chi connectivity index (χ2v) is 15.0. The van der Waals surface area contributed by atoms with Crippen molar-refractivity contribution in [2.45, 2.75) is 96.7 Å². The number of aliphatic hydroxyl groups is 2. The van der Waals surface area contributed by atoms with Crippen molar-refractivity contribution < 1.29 is 20.1 Å². The molecule has 226 valence electrons. The number of carboxylic acid groups (broad SMARTS) is 1. The Balaban J connectivity index is 1.16. The van der Waals surface area contributed by atoms with Gasteiger partial charge in [0, 0.05) is 6.08 Å². The van der Waals surface area contributed by atoms with E-state index in [1.807, 2.05) is 6.07 Å². The molecule has 0 amide bonds. The summed E-state index contributed by atoms with van der Waals surface area (Å²) in [4.78, 5) is 10.9. The molecule has 2 aromatic carbocycles. The fraction of sp³-hybridized carbons (Fsp3) is 0.605. The molecule has 4 aliphatic rings. The molecule has 10 atom stereocenters. The maximum Gasteiger partial charge on any atom is 0.327 e. The number of fused-ring (bicyclic) bond motifs is 5. The smallest absolute Gasteiger partial charge is 0.327 e. The van der Waals surface area contributed by atoms with Crippen LogP contribution in [0, 0.1) is 46.3 Å². The Labute approximate surface area is 252 Å². The van der Waals surface area contributed by atoms with Crippen LogP contribution < -0.4 is 0 Å². The molecule has 4 heteroatoms. The Kier molecular flexibility index (Phi) is 7.94. The zero-order valence-electron chi connectivity index (χ0n) is 25.7. The molecule has 0 aliphatic heterocycles. The maximum absolute atomic E-state index is 12.0. The summed E-state index contributed by atoms with van der Waals surface area (Å²) in [5, 5.41) is 32.8. The number of carboxylic acids is 1. The quantitative estimate of drug-likeness (QED) is 0.293. The van der Waals surface area contributed by atoms with E-state index in [1.165, 1.54) is 42.9 Å². The van der Waals surface area contributed by atoms with Gasteiger partial charge in [0.05, 0.1) is 11.7 Å². The van der Waals surface area contributed by atoms with Crippen molar-refractivity contribution in [1.29, 1.82) is 0 Å². The van der Waals surface area contributed by atoms with E-state index in [0.29, 0.717) is 35.5 Å². The molecule has 4 nitrogen and oxygen atoms in total. The third kappa shape index (κ3) is 5.07. The third-order valence-corrected chi connectivity index (χ3v) is 13.1. The summed E-state index contributed by atoms with van der Waals surface area (Å²) in [6.45, 7) is 7.36. The molecule has 3 N–H and O–H groups in total. The van der Waals surface area contributed by atoms with E-state index in [4.69, 9.17) is 5.11 Å². The molecule has 0 bridgehead atoms. The minimum absolute atomic E-state index is 0.159. The first-order valence-corrected chi connectivity index (χ1v) is 16.5. The summed E-state index contributed by atoms with van der Waals surface area (Å²) in [5.74, 6) is 2.06. The van der Waals surface area contributed by atoms with Crippen LogP contribution >= 0.6 is 0 Å². The van der Waals surface area contributed by atoms with Crippen molar-refractivity contribution in [2.24, 2.45) is 46.3 Å². The summed E-state index contributed by atoms with van der Waals surface area (Å²) in [6.07, 6.45) is 12.8. The van der Waals surface area contributed by atoms with Crippen LogP contribution in [0.5, 0.6) is 0 Å². The lowest BCUT2D eigenvalue weighted by Crippen LogP contribution is -2.59. The van der Waals surface area contributed by atoms with Gasteiger partial charge in [-0.1, -0.05) is 81.4 Å². The lowest BCUT2D eigenvalue weighted by molar-refractivity contribution is -0.190. The Morgan fingerprint density at radius 2 is 1.62 bits per heavy atom. The summed E-state index contributed by atoms with van der Waals surface area (Å²) in [7, 11) is 0. The molecule has 0 aromatic heterocycles. The van der Waals surface area contributed by atoms with Crippen molar-refractivity contribution in [3.8, 4) is 11.1 Å². The van der Waals surface area contributed by atoms with Gasteiger partial charge < -0.3 is 15.3 Å². The van der Waals surface area contributed by atoms with Gasteiger partial charge in [-0.25, -0.2) is 4.79 Å². The maximum atomic E-state index is 12.0. The molecular weight excluding hydrogens is 520 g/mol. The van der Waals surface area contributed by atoms with Gasteiger partial charge in [0.1, 0.15) is 0 Å². The van der Waals surface area contributed by atoms with Crippen LogP contribution in [0.1, 0.15) is 90.5 Å². The van der Waals surface area contributed by atoms with Crippen LogP contribution in [0.4, 0.5) is 0 Å². The Morgan fingerprint density at radius 3 is 2.33 bits per heavy atom. The largest absolute Gasteiger partial charge is 0.478 e. The second-order valence-electron chi connectivity index (χ2n) is 15.0. The van der Waals surface area contributed by atoms with E-state index < -0.39 is 11.6 Å². The molecule has 0 saturated heterocycles. The van der Waals surface area contributed by atoms with Gasteiger partial charge in [0.15, 0.2) is 0 Å². The minimum Gasteiger partial charge on any atom is -0.478 e. The van der Waals surface area contributed by atoms with Gasteiger partial charge in [-0.2, -0.15) is 0 Å². The molecule has 0 radical (unpaired) electrons. The van der Waals surface area contributed by atoms with E-state index in [2.05, 4.69) is 69.3 Å². The zero-order chi connectivity index (χ0) is 29.7. The molecule has 4 fully saturated rings. The van der Waals surface area contributed by atoms with Crippen LogP contribution in [0.3, 0.4) is 0 Å². The SMILES string of the molecule is CC(CCC=CC(=O)O)[C@H]1CC[C@H]2[C@@H]3[C@H](O)C[C@@H]4C[C@](O)(c5ccc(-c6ccccc6)cc5)CC[C@]4(C)[C@H]3CC[C@]12C. The van der Waals surface area contributed by atoms with Gasteiger partial charge in [0.2, 0.25) is 0 Å². The summed E-state index contributed by atoms with van der Waals surface area (Å²) in [5.41, 5.74) is 2.95. The number of allylic oxidation sites excluding steroid dienone is 1. The zero-order valence-corrected chi connectivity index (χ0v) is 25.7. The Hall–Kier alpha value is -2.43. The highest BCUT2D eigenvalue weighted by molar-refractivity contribution is 5.79. The highest BCUT2D eigenvalue weighted by atomic mass is 16.4. The van der Waals surface area contributed by atoms with Crippen molar-refractivity contribution in [3.63, 3.8) is 0 Å². The van der Waals surface area contributed by atoms with Crippen molar-refractivity contribution in [1.82, 2.24) is 0 Å². The highest BCUT2D eigenvalue weighted by Crippen LogP contribution is 2.69. The topological polar surface area (TPSA) is 77.8 Å². The van der Waals surface area contributed by atoms with Gasteiger partial charge in [-0.05, 0) is 127 Å². The first-order chi connectivity index (χ1) is 20.0. The average Bonchev–Trinajstić information content (AvgIpc) is 3.34. The number of carbonyl (C=O) groups is 1. The molecule has 4 saturated carbocycles. The van der Waals surface area contributed by atoms with Gasteiger partial charge >= 0.3 is 5.97 Å². The Morgan fingerprint density at radius 1 is 0.929 bits per heavy atom. The third-order valence-electron chi connectivity index (χ3n) is 13.1. The number of aliphatic carboxylic acids is 1. The highest BCUT2D eigenvalue weighted by Gasteiger charge is 2.63. The van der Waals surface area contributed by atoms with Crippen molar-refractivity contribution in [3.05, 3.63) is 72.3 Å². The number of aliphatic hydroxyl groups excluding tert-OH is 1. The van der Waals surface area contributed by atoms with E-state index in [1.54, 1.807) is 6.08 Å². The number of benzene rings is 2. The minimum atomic E-state index is -0.867. The number of hydrogen-bond donors (Lipinski definition) is 3. The first-order valence-electron chi connectivity index (χ1n) is 16.5. The molecule has 1 unspecified atom stereocenters. The normalized spacial score (nSPS) is 40.2. The van der Waals surface area contributed by atoms with E-state index in [0.717, 1.165) is 44.1 Å². The van der Waals surface area contributed by atoms with E-state index in [9.17, 15) is 15.0 Å². The monoisotopic (exact) mass is 570 g/mol. The van der Waals surface area contributed by atoms with Gasteiger partial charge in [0.25, 0.3) is 0 Å². The molecule has 2 aromatic rings. The van der Waals surface area contributed by atoms with Gasteiger partial charge in [-0.15, -0.1) is 0 Å². The first kappa shape index (κ1) is 29.6. The number of rotatable bonds is 7. The summed E-state index contributed by atoms with van der Waals surface area (Å²) < 4.78 is 0. The summed E-state index contributed by atoms with van der Waals surface area (Å²) in [6, 6.07) is 18.9. The molecule has 42 heavy (non-hydrogen) atoms. The molecule has 0 heterocycles. The molecular formula is C38H50O4. The lowest BCUT2D eigenvalue weighted by atomic mass is 9.42. The average molecular weight is 571 g/mol. The Bertz CT molecular complexity index is 1290. The van der Waals surface area contributed by atoms with Crippen LogP contribution in [0.15, 0.2) is 66.7 Å². The van der Waals surface area contributed by atoms with E-state index in [-0.39, 0.29) is 16.9 Å². The van der Waals surface area contributed by atoms with Crippen molar-refractivity contribution >= 4 is 5.97 Å². The van der Waals surface area contributed by atoms with Crippen LogP contribution in [-0.4, -0.2) is 27.4 Å². The standard InChI is InChI=1S/C38H50O4/c1-25(9-7-8-12-34(40)41)30-17-18-31-35-32(19-20-37(30,31)3)36(2)21-22-38(42,24-29(36)23-33(35)39)28-15-13-27(14-16-28)26-10-5-4-6-11-26/h4-6,8,10-16,25,29-33,35,39,42H,7,9,17-24H2,1-3H3,(H,40,41)/t25?,29-,30-,31+,32+,33-,35+,36+,37-,38+/m1/s1. The fourth-order valence-electron chi connectivity index (χ4n) is 10.8. The van der Waals surface area contributed by atoms with Crippen LogP contribution in [0.25, 0.3) is 11.1 Å². The molecule has 4 aliphatic carbocycles.